The van der Waals surface area contributed by atoms with E-state index in [0.29, 0.717) is 0 Å². The molecule has 0 saturated carbocycles. The second-order valence-corrected chi connectivity index (χ2v) is 8.66. The van der Waals surface area contributed by atoms with Gasteiger partial charge in [0, 0.05) is 5.88 Å². The predicted octanol–water partition coefficient (Wildman–Crippen LogP) is 8.85. The molecular weight excluding hydrogens is 407 g/mol. The first-order valence-electron chi connectivity index (χ1n) is 12.0. The van der Waals surface area contributed by atoms with Crippen LogP contribution < -0.4 is 0 Å². The van der Waals surface area contributed by atoms with Crippen LogP contribution in [0.15, 0.2) is 0 Å². The molecule has 0 aliphatic rings. The topological polar surface area (TPSA) is 0 Å². The first-order valence-corrected chi connectivity index (χ1v) is 16.2. The number of thiol groups is 1. The molecule has 0 aliphatic heterocycles. The van der Waals surface area contributed by atoms with Gasteiger partial charge < -0.3 is 0 Å². The molecule has 0 rings (SSSR count). The average molecular weight is 458 g/mol. The van der Waals surface area contributed by atoms with Gasteiger partial charge in [-0.2, -0.15) is 23.7 Å². The Morgan fingerprint density at radius 2 is 0.556 bits per heavy atom. The highest BCUT2D eigenvalue weighted by Crippen LogP contribution is 2.15. The minimum Gasteiger partial charge on any atom is -0.181 e. The third kappa shape index (κ3) is 32.0. The number of alkyl halides is 1. The van der Waals surface area contributed by atoms with Gasteiger partial charge in [-0.1, -0.05) is 122 Å². The molecule has 0 atom stereocenters. The first-order chi connectivity index (χ1) is 13.4. The number of hydrogen-bond donors (Lipinski definition) is 1. The van der Waals surface area contributed by atoms with Crippen molar-refractivity contribution in [2.24, 2.45) is 0 Å². The van der Waals surface area contributed by atoms with Crippen LogP contribution in [0.1, 0.15) is 135 Å². The number of halogens is 2. The van der Waals surface area contributed by atoms with Gasteiger partial charge in [-0.25, -0.2) is 0 Å². The summed E-state index contributed by atoms with van der Waals surface area (Å²) in [6.07, 6.45) is 30.0. The molecular formula is C23H50Cl2SSi. The van der Waals surface area contributed by atoms with Gasteiger partial charge in [0.05, 0.1) is 0 Å². The molecule has 27 heavy (non-hydrogen) atoms. The van der Waals surface area contributed by atoms with Crippen LogP contribution in [-0.4, -0.2) is 21.2 Å². The summed E-state index contributed by atoms with van der Waals surface area (Å²) < 4.78 is 0. The maximum atomic E-state index is 5.69. The quantitative estimate of drug-likeness (QED) is 0.0542. The normalized spacial score (nSPS) is 10.8. The molecule has 0 saturated heterocycles. The zero-order valence-corrected chi connectivity index (χ0v) is 22.9. The Kier molecular flexibility index (Phi) is 35.8. The van der Waals surface area contributed by atoms with Crippen molar-refractivity contribution in [1.82, 2.24) is 0 Å². The summed E-state index contributed by atoms with van der Waals surface area (Å²) >= 11 is 14.7. The molecule has 0 aromatic rings. The van der Waals surface area contributed by atoms with Crippen LogP contribution in [0.2, 0.25) is 0 Å². The molecule has 0 bridgehead atoms. The van der Waals surface area contributed by atoms with Crippen molar-refractivity contribution in [1.29, 1.82) is 0 Å². The van der Waals surface area contributed by atoms with E-state index in [9.17, 15) is 0 Å². The van der Waals surface area contributed by atoms with E-state index in [1.165, 1.54) is 135 Å². The summed E-state index contributed by atoms with van der Waals surface area (Å²) in [7, 11) is 0.778. The SMILES string of the molecule is SCCCCCCCCCCCCCCCCCCCCCCCCl.[SiH3]Cl. The van der Waals surface area contributed by atoms with Crippen LogP contribution in [0.4, 0.5) is 0 Å². The summed E-state index contributed by atoms with van der Waals surface area (Å²) in [6.45, 7) is 0. The minimum atomic E-state index is 0.778. The molecule has 0 unspecified atom stereocenters. The van der Waals surface area contributed by atoms with Crippen molar-refractivity contribution in [2.45, 2.75) is 135 Å². The van der Waals surface area contributed by atoms with Crippen molar-refractivity contribution >= 4 is 44.9 Å². The summed E-state index contributed by atoms with van der Waals surface area (Å²) in [5.41, 5.74) is 0. The second kappa shape index (κ2) is 31.8. The van der Waals surface area contributed by atoms with Crippen molar-refractivity contribution in [2.75, 3.05) is 11.6 Å². The van der Waals surface area contributed by atoms with E-state index in [1.807, 2.05) is 0 Å². The zero-order chi connectivity index (χ0) is 20.3. The van der Waals surface area contributed by atoms with E-state index in [4.69, 9.17) is 22.7 Å². The Balaban J connectivity index is 0. The molecule has 0 aromatic heterocycles. The number of rotatable bonds is 22. The Hall–Kier alpha value is 1.15. The summed E-state index contributed by atoms with van der Waals surface area (Å²) in [4.78, 5) is 0. The van der Waals surface area contributed by atoms with Crippen LogP contribution in [0.5, 0.6) is 0 Å². The Labute approximate surface area is 190 Å². The van der Waals surface area contributed by atoms with Crippen LogP contribution in [0.25, 0.3) is 0 Å². The largest absolute Gasteiger partial charge is 0.181 e. The van der Waals surface area contributed by atoms with Crippen LogP contribution >= 0.6 is 35.3 Å². The standard InChI is InChI=1S/C23H47ClS.ClH3Si/c24-22-20-18-16-14-12-10-8-6-4-2-1-3-5-7-9-11-13-15-17-19-21-23-25;1-2/h25H,1-23H2;2H3. The molecule has 0 aromatic carbocycles. The fourth-order valence-electron chi connectivity index (χ4n) is 3.57. The van der Waals surface area contributed by atoms with E-state index < -0.39 is 0 Å². The predicted molar refractivity (Wildman–Crippen MR) is 137 cm³/mol. The highest BCUT2D eigenvalue weighted by Gasteiger charge is 1.95. The second-order valence-electron chi connectivity index (χ2n) is 7.84. The van der Waals surface area contributed by atoms with Crippen molar-refractivity contribution in [3.05, 3.63) is 0 Å². The van der Waals surface area contributed by atoms with Crippen molar-refractivity contribution < 1.29 is 0 Å². The molecule has 0 spiro atoms. The number of unbranched alkanes of at least 4 members (excludes halogenated alkanes) is 20. The van der Waals surface area contributed by atoms with Crippen LogP contribution in [0, 0.1) is 0 Å². The highest BCUT2D eigenvalue weighted by molar-refractivity contribution is 7.80. The average Bonchev–Trinajstić information content (AvgIpc) is 2.70. The van der Waals surface area contributed by atoms with E-state index in [2.05, 4.69) is 12.6 Å². The molecule has 0 nitrogen and oxygen atoms in total. The third-order valence-electron chi connectivity index (χ3n) is 5.29. The van der Waals surface area contributed by atoms with Gasteiger partial charge in [0.2, 0.25) is 0 Å². The molecule has 4 heteroatoms. The lowest BCUT2D eigenvalue weighted by molar-refractivity contribution is 0.521. The highest BCUT2D eigenvalue weighted by atomic mass is 35.6. The van der Waals surface area contributed by atoms with Gasteiger partial charge in [-0.05, 0) is 18.6 Å². The fraction of sp³-hybridized carbons (Fsp3) is 1.00. The monoisotopic (exact) mass is 456 g/mol. The Bertz CT molecular complexity index is 208. The summed E-state index contributed by atoms with van der Waals surface area (Å²) in [5, 5.41) is 0. The van der Waals surface area contributed by atoms with E-state index in [-0.39, 0.29) is 0 Å². The molecule has 166 valence electrons. The zero-order valence-electron chi connectivity index (χ0n) is 18.5. The van der Waals surface area contributed by atoms with Gasteiger partial charge >= 0.3 is 0 Å². The van der Waals surface area contributed by atoms with Gasteiger partial charge in [0.15, 0.2) is 0 Å². The maximum Gasteiger partial charge on any atom is 0.109 e. The molecule has 0 amide bonds. The Morgan fingerprint density at radius 1 is 0.370 bits per heavy atom. The van der Waals surface area contributed by atoms with Crippen molar-refractivity contribution in [3.63, 3.8) is 0 Å². The van der Waals surface area contributed by atoms with E-state index in [0.717, 1.165) is 21.2 Å². The summed E-state index contributed by atoms with van der Waals surface area (Å²) in [5.74, 6) is 1.91. The minimum absolute atomic E-state index is 0.778. The maximum absolute atomic E-state index is 5.69. The summed E-state index contributed by atoms with van der Waals surface area (Å²) in [6, 6.07) is 0. The van der Waals surface area contributed by atoms with Gasteiger partial charge in [-0.3, -0.25) is 0 Å². The van der Waals surface area contributed by atoms with Gasteiger partial charge in [0.1, 0.15) is 9.55 Å². The van der Waals surface area contributed by atoms with Crippen LogP contribution in [-0.2, 0) is 0 Å². The third-order valence-corrected chi connectivity index (χ3v) is 5.88. The fourth-order valence-corrected chi connectivity index (χ4v) is 3.98. The smallest absolute Gasteiger partial charge is 0.109 e. The Morgan fingerprint density at radius 3 is 0.741 bits per heavy atom. The lowest BCUT2D eigenvalue weighted by Crippen LogP contribution is -1.84. The molecule has 0 N–H and O–H groups in total. The molecule has 0 radical (unpaired) electrons. The lowest BCUT2D eigenvalue weighted by Gasteiger charge is -2.04. The van der Waals surface area contributed by atoms with Crippen molar-refractivity contribution in [3.8, 4) is 0 Å². The molecule has 0 fully saturated rings. The van der Waals surface area contributed by atoms with Crippen LogP contribution in [0.3, 0.4) is 0 Å². The van der Waals surface area contributed by atoms with Gasteiger partial charge in [0.25, 0.3) is 0 Å². The lowest BCUT2D eigenvalue weighted by atomic mass is 10.0. The molecule has 0 aliphatic carbocycles. The molecule has 0 heterocycles. The number of hydrogen-bond acceptors (Lipinski definition) is 1. The van der Waals surface area contributed by atoms with Gasteiger partial charge in [-0.15, -0.1) is 11.6 Å². The van der Waals surface area contributed by atoms with E-state index >= 15 is 0 Å². The van der Waals surface area contributed by atoms with E-state index in [1.54, 1.807) is 0 Å². The first kappa shape index (κ1) is 30.3.